The number of anilines is 1. The number of benzene rings is 1. The fraction of sp³-hybridized carbons (Fsp3) is 0.111. The van der Waals surface area contributed by atoms with Gasteiger partial charge in [0, 0.05) is 10.5 Å². The van der Waals surface area contributed by atoms with Crippen molar-refractivity contribution in [3.8, 4) is 0 Å². The molecule has 0 aliphatic carbocycles. The van der Waals surface area contributed by atoms with Gasteiger partial charge < -0.3 is 5.32 Å². The molecule has 1 heterocycles. The van der Waals surface area contributed by atoms with E-state index in [1.807, 2.05) is 0 Å². The Morgan fingerprint density at radius 3 is 2.50 bits per heavy atom. The third-order valence-corrected chi connectivity index (χ3v) is 2.65. The van der Waals surface area contributed by atoms with Crippen LogP contribution in [0.5, 0.6) is 0 Å². The zero-order chi connectivity index (χ0) is 11.9. The number of imide groups is 1. The van der Waals surface area contributed by atoms with E-state index in [0.29, 0.717) is 11.0 Å². The minimum absolute atomic E-state index is 0.00963. The Labute approximate surface area is 97.4 Å². The van der Waals surface area contributed by atoms with Gasteiger partial charge in [0.05, 0.1) is 6.54 Å². The number of nitrogens with one attached hydrogen (secondary N) is 1. The third-order valence-electron chi connectivity index (χ3n) is 2.05. The largest absolute Gasteiger partial charge is 0.329 e. The van der Waals surface area contributed by atoms with E-state index in [1.165, 1.54) is 0 Å². The zero-order valence-electron chi connectivity index (χ0n) is 7.76. The summed E-state index contributed by atoms with van der Waals surface area (Å²) in [5, 5.41) is 2.24. The van der Waals surface area contributed by atoms with Crippen LogP contribution in [0.1, 0.15) is 0 Å². The van der Waals surface area contributed by atoms with Crippen LogP contribution in [-0.4, -0.2) is 18.5 Å². The molecule has 1 aliphatic heterocycles. The number of urea groups is 1. The molecule has 1 aliphatic rings. The van der Waals surface area contributed by atoms with Gasteiger partial charge in [0.25, 0.3) is 5.91 Å². The van der Waals surface area contributed by atoms with E-state index < -0.39 is 23.6 Å². The van der Waals surface area contributed by atoms with E-state index in [-0.39, 0.29) is 16.7 Å². The summed E-state index contributed by atoms with van der Waals surface area (Å²) < 4.78 is 26.3. The predicted molar refractivity (Wildman–Crippen MR) is 54.9 cm³/mol. The van der Waals surface area contributed by atoms with Crippen LogP contribution in [0.3, 0.4) is 0 Å². The molecule has 1 aromatic rings. The maximum atomic E-state index is 13.5. The normalized spacial score (nSPS) is 15.6. The van der Waals surface area contributed by atoms with Crippen LogP contribution < -0.4 is 10.2 Å². The first-order chi connectivity index (χ1) is 7.50. The second-order valence-corrected chi connectivity index (χ2v) is 3.96. The first-order valence-electron chi connectivity index (χ1n) is 4.26. The average molecular weight is 291 g/mol. The van der Waals surface area contributed by atoms with Gasteiger partial charge in [0.1, 0.15) is 11.5 Å². The lowest BCUT2D eigenvalue weighted by atomic mass is 10.2. The lowest BCUT2D eigenvalue weighted by molar-refractivity contribution is -0.115. The van der Waals surface area contributed by atoms with Gasteiger partial charge in [-0.2, -0.15) is 0 Å². The highest BCUT2D eigenvalue weighted by atomic mass is 79.9. The van der Waals surface area contributed by atoms with Crippen molar-refractivity contribution in [1.82, 2.24) is 5.32 Å². The summed E-state index contributed by atoms with van der Waals surface area (Å²) in [6.45, 7) is -0.192. The first kappa shape index (κ1) is 11.0. The molecule has 2 rings (SSSR count). The van der Waals surface area contributed by atoms with Gasteiger partial charge in [0.15, 0.2) is 5.82 Å². The quantitative estimate of drug-likeness (QED) is 0.802. The summed E-state index contributed by atoms with van der Waals surface area (Å²) >= 11 is 2.91. The zero-order valence-corrected chi connectivity index (χ0v) is 9.35. The smallest absolute Gasteiger partial charge is 0.328 e. The minimum atomic E-state index is -0.975. The summed E-state index contributed by atoms with van der Waals surface area (Å²) in [4.78, 5) is 23.3. The molecule has 1 fully saturated rings. The summed E-state index contributed by atoms with van der Waals surface area (Å²) in [7, 11) is 0. The molecule has 1 aromatic carbocycles. The molecule has 0 unspecified atom stereocenters. The molecule has 16 heavy (non-hydrogen) atoms. The number of amides is 3. The second-order valence-electron chi connectivity index (χ2n) is 3.11. The van der Waals surface area contributed by atoms with Crippen molar-refractivity contribution >= 4 is 33.6 Å². The molecule has 0 aromatic heterocycles. The maximum absolute atomic E-state index is 13.5. The van der Waals surface area contributed by atoms with Gasteiger partial charge in [-0.05, 0) is 22.0 Å². The number of hydrogen-bond acceptors (Lipinski definition) is 2. The molecule has 0 bridgehead atoms. The molecule has 0 spiro atoms. The Hall–Kier alpha value is -1.50. The van der Waals surface area contributed by atoms with Crippen LogP contribution in [0, 0.1) is 11.6 Å². The van der Waals surface area contributed by atoms with E-state index in [1.54, 1.807) is 0 Å². The minimum Gasteiger partial charge on any atom is -0.328 e. The third kappa shape index (κ3) is 1.67. The van der Waals surface area contributed by atoms with Gasteiger partial charge in [-0.25, -0.2) is 18.5 Å². The summed E-state index contributed by atoms with van der Waals surface area (Å²) in [5.41, 5.74) is -0.276. The number of nitrogens with zero attached hydrogens (tertiary/aromatic N) is 1. The van der Waals surface area contributed by atoms with Crippen LogP contribution in [0.4, 0.5) is 19.3 Å². The van der Waals surface area contributed by atoms with Gasteiger partial charge in [-0.3, -0.25) is 4.79 Å². The number of carbonyl (C=O) groups excluding carboxylic acids is 2. The molecule has 0 atom stereocenters. The second kappa shape index (κ2) is 3.82. The maximum Gasteiger partial charge on any atom is 0.329 e. The van der Waals surface area contributed by atoms with Gasteiger partial charge >= 0.3 is 6.03 Å². The van der Waals surface area contributed by atoms with Gasteiger partial charge in [-0.15, -0.1) is 0 Å². The van der Waals surface area contributed by atoms with Crippen molar-refractivity contribution in [3.05, 3.63) is 28.2 Å². The van der Waals surface area contributed by atoms with Crippen LogP contribution >= 0.6 is 15.9 Å². The van der Waals surface area contributed by atoms with E-state index in [9.17, 15) is 18.4 Å². The Balaban J connectivity index is 2.55. The molecule has 1 saturated heterocycles. The van der Waals surface area contributed by atoms with Gasteiger partial charge in [-0.1, -0.05) is 0 Å². The fourth-order valence-electron chi connectivity index (χ4n) is 1.40. The fourth-order valence-corrected chi connectivity index (χ4v) is 1.98. The molecule has 0 radical (unpaired) electrons. The first-order valence-corrected chi connectivity index (χ1v) is 5.05. The molecular weight excluding hydrogens is 286 g/mol. The van der Waals surface area contributed by atoms with E-state index in [4.69, 9.17) is 0 Å². The average Bonchev–Trinajstić information content (AvgIpc) is 2.47. The molecular formula is C9H5BrF2N2O2. The SMILES string of the molecule is O=C1CNC(=O)N1c1c(F)cc(F)cc1Br. The molecule has 4 nitrogen and oxygen atoms in total. The summed E-state index contributed by atoms with van der Waals surface area (Å²) in [6, 6.07) is 0.868. The number of halogens is 3. The van der Waals surface area contributed by atoms with Crippen molar-refractivity contribution in [3.63, 3.8) is 0 Å². The molecule has 3 amide bonds. The molecule has 7 heteroatoms. The van der Waals surface area contributed by atoms with Crippen LogP contribution in [0.25, 0.3) is 0 Å². The monoisotopic (exact) mass is 290 g/mol. The standard InChI is InChI=1S/C9H5BrF2N2O2/c10-5-1-4(11)2-6(12)8(5)14-7(15)3-13-9(14)16/h1-2H,3H2,(H,13,16). The lowest BCUT2D eigenvalue weighted by Gasteiger charge is -2.15. The van der Waals surface area contributed by atoms with Crippen molar-refractivity contribution in [2.75, 3.05) is 11.4 Å². The van der Waals surface area contributed by atoms with Crippen molar-refractivity contribution in [1.29, 1.82) is 0 Å². The highest BCUT2D eigenvalue weighted by molar-refractivity contribution is 9.10. The van der Waals surface area contributed by atoms with E-state index in [0.717, 1.165) is 6.07 Å². The Morgan fingerprint density at radius 2 is 2.00 bits per heavy atom. The Kier molecular flexibility index (Phi) is 2.63. The van der Waals surface area contributed by atoms with Gasteiger partial charge in [0.2, 0.25) is 0 Å². The number of carbonyl (C=O) groups is 2. The van der Waals surface area contributed by atoms with Crippen LogP contribution in [0.15, 0.2) is 16.6 Å². The predicted octanol–water partition coefficient (Wildman–Crippen LogP) is 1.78. The van der Waals surface area contributed by atoms with Crippen molar-refractivity contribution in [2.45, 2.75) is 0 Å². The highest BCUT2D eigenvalue weighted by Crippen LogP contribution is 2.31. The summed E-state index contributed by atoms with van der Waals surface area (Å²) in [6.07, 6.45) is 0. The molecule has 1 N–H and O–H groups in total. The number of hydrogen-bond donors (Lipinski definition) is 1. The molecule has 0 saturated carbocycles. The van der Waals surface area contributed by atoms with Crippen LogP contribution in [0.2, 0.25) is 0 Å². The Morgan fingerprint density at radius 1 is 1.31 bits per heavy atom. The molecule has 84 valence electrons. The van der Waals surface area contributed by atoms with E-state index in [2.05, 4.69) is 21.2 Å². The summed E-state index contributed by atoms with van der Waals surface area (Å²) in [5.74, 6) is -2.35. The lowest BCUT2D eigenvalue weighted by Crippen LogP contribution is -2.31. The highest BCUT2D eigenvalue weighted by Gasteiger charge is 2.33. The topological polar surface area (TPSA) is 49.4 Å². The van der Waals surface area contributed by atoms with Crippen molar-refractivity contribution in [2.24, 2.45) is 0 Å². The van der Waals surface area contributed by atoms with Crippen LogP contribution in [-0.2, 0) is 4.79 Å². The Bertz CT molecular complexity index is 453. The van der Waals surface area contributed by atoms with E-state index >= 15 is 0 Å². The van der Waals surface area contributed by atoms with Crippen molar-refractivity contribution < 1.29 is 18.4 Å². The number of rotatable bonds is 1.